The Morgan fingerprint density at radius 3 is 2.35 bits per heavy atom. The van der Waals surface area contributed by atoms with E-state index in [1.54, 1.807) is 7.05 Å². The number of hydrogen-bond acceptors (Lipinski definition) is 3. The molecular formula is C25H35N4O2+. The van der Waals surface area contributed by atoms with Crippen molar-refractivity contribution in [3.8, 4) is 0 Å². The molecule has 1 aliphatic heterocycles. The van der Waals surface area contributed by atoms with Crippen LogP contribution in [0.5, 0.6) is 0 Å². The second kappa shape index (κ2) is 9.96. The average Bonchev–Trinajstić information content (AvgIpc) is 2.76. The summed E-state index contributed by atoms with van der Waals surface area (Å²) in [4.78, 5) is 30.5. The fraction of sp³-hybridized carbons (Fsp3) is 0.440. The summed E-state index contributed by atoms with van der Waals surface area (Å²) in [6.07, 6.45) is 0. The quantitative estimate of drug-likeness (QED) is 0.745. The number of nitrogens with one attached hydrogen (secondary N) is 2. The topological polar surface area (TPSA) is 57.1 Å². The SMILES string of the molecule is Cc1ccc(NC(=O)CN(C)C(=O)[C@H](C)[NH+]2CCN(c3cccc(C)c3C)CC2)cc1. The van der Waals surface area contributed by atoms with Gasteiger partial charge in [0, 0.05) is 18.4 Å². The van der Waals surface area contributed by atoms with Crippen molar-refractivity contribution in [3.63, 3.8) is 0 Å². The highest BCUT2D eigenvalue weighted by Gasteiger charge is 2.32. The number of benzene rings is 2. The van der Waals surface area contributed by atoms with Crippen LogP contribution in [0.3, 0.4) is 0 Å². The van der Waals surface area contributed by atoms with Gasteiger partial charge in [-0.2, -0.15) is 0 Å². The van der Waals surface area contributed by atoms with Crippen molar-refractivity contribution in [2.24, 2.45) is 0 Å². The molecule has 1 heterocycles. The molecule has 0 aliphatic carbocycles. The maximum atomic E-state index is 12.9. The van der Waals surface area contributed by atoms with Gasteiger partial charge in [0.15, 0.2) is 6.04 Å². The molecule has 6 nitrogen and oxygen atoms in total. The average molecular weight is 424 g/mol. The molecule has 2 aromatic carbocycles. The lowest BCUT2D eigenvalue weighted by Crippen LogP contribution is -3.19. The predicted molar refractivity (Wildman–Crippen MR) is 126 cm³/mol. The summed E-state index contributed by atoms with van der Waals surface area (Å²) in [5.74, 6) is -0.170. The van der Waals surface area contributed by atoms with Gasteiger partial charge in [0.2, 0.25) is 5.91 Å². The van der Waals surface area contributed by atoms with Gasteiger partial charge in [0.1, 0.15) is 0 Å². The van der Waals surface area contributed by atoms with Crippen LogP contribution in [0.15, 0.2) is 42.5 Å². The maximum absolute atomic E-state index is 12.9. The van der Waals surface area contributed by atoms with E-state index in [9.17, 15) is 9.59 Å². The van der Waals surface area contributed by atoms with Gasteiger partial charge in [-0.05, 0) is 57.0 Å². The van der Waals surface area contributed by atoms with Crippen LogP contribution in [0, 0.1) is 20.8 Å². The highest BCUT2D eigenvalue weighted by atomic mass is 16.2. The Balaban J connectivity index is 1.51. The second-order valence-corrected chi connectivity index (χ2v) is 8.69. The number of hydrogen-bond donors (Lipinski definition) is 2. The van der Waals surface area contributed by atoms with E-state index in [4.69, 9.17) is 0 Å². The largest absolute Gasteiger partial charge is 0.360 e. The molecule has 2 aromatic rings. The summed E-state index contributed by atoms with van der Waals surface area (Å²) in [6.45, 7) is 12.0. The molecule has 2 N–H and O–H groups in total. The van der Waals surface area contributed by atoms with Gasteiger partial charge in [-0.15, -0.1) is 0 Å². The van der Waals surface area contributed by atoms with Crippen molar-refractivity contribution in [1.29, 1.82) is 0 Å². The molecule has 2 amide bonds. The number of nitrogens with zero attached hydrogens (tertiary/aromatic N) is 2. The first-order chi connectivity index (χ1) is 14.8. The van der Waals surface area contributed by atoms with Crippen molar-refractivity contribution in [2.45, 2.75) is 33.7 Å². The van der Waals surface area contributed by atoms with E-state index in [0.717, 1.165) is 37.4 Å². The number of quaternary nitrogens is 1. The molecule has 1 aliphatic rings. The monoisotopic (exact) mass is 423 g/mol. The molecule has 1 atom stereocenters. The lowest BCUT2D eigenvalue weighted by atomic mass is 10.1. The van der Waals surface area contributed by atoms with Gasteiger partial charge in [0.05, 0.1) is 32.7 Å². The van der Waals surface area contributed by atoms with Crippen LogP contribution >= 0.6 is 0 Å². The highest BCUT2D eigenvalue weighted by molar-refractivity contribution is 5.94. The van der Waals surface area contributed by atoms with E-state index in [1.807, 2.05) is 38.1 Å². The fourth-order valence-electron chi connectivity index (χ4n) is 4.18. The van der Waals surface area contributed by atoms with E-state index in [-0.39, 0.29) is 24.4 Å². The van der Waals surface area contributed by atoms with Gasteiger partial charge >= 0.3 is 0 Å². The van der Waals surface area contributed by atoms with Gasteiger partial charge < -0.3 is 20.0 Å². The van der Waals surface area contributed by atoms with Crippen molar-refractivity contribution in [2.75, 3.05) is 50.0 Å². The zero-order valence-electron chi connectivity index (χ0n) is 19.4. The van der Waals surface area contributed by atoms with Crippen LogP contribution in [-0.4, -0.2) is 62.5 Å². The Labute approximate surface area is 185 Å². The minimum Gasteiger partial charge on any atom is -0.360 e. The molecule has 166 valence electrons. The summed E-state index contributed by atoms with van der Waals surface area (Å²) >= 11 is 0. The van der Waals surface area contributed by atoms with Gasteiger partial charge in [-0.25, -0.2) is 0 Å². The Hall–Kier alpha value is -2.86. The summed E-state index contributed by atoms with van der Waals surface area (Å²) in [7, 11) is 1.71. The van der Waals surface area contributed by atoms with Crippen molar-refractivity contribution < 1.29 is 14.5 Å². The van der Waals surface area contributed by atoms with E-state index < -0.39 is 0 Å². The molecule has 6 heteroatoms. The van der Waals surface area contributed by atoms with Crippen LogP contribution in [0.25, 0.3) is 0 Å². The maximum Gasteiger partial charge on any atom is 0.280 e. The third-order valence-electron chi connectivity index (χ3n) is 6.40. The molecule has 3 rings (SSSR count). The first-order valence-corrected chi connectivity index (χ1v) is 11.0. The smallest absolute Gasteiger partial charge is 0.280 e. The molecule has 0 spiro atoms. The van der Waals surface area contributed by atoms with Gasteiger partial charge in [-0.3, -0.25) is 9.59 Å². The number of anilines is 2. The molecular weight excluding hydrogens is 388 g/mol. The number of likely N-dealkylation sites (N-methyl/N-ethyl adjacent to an activating group) is 1. The van der Waals surface area contributed by atoms with E-state index in [1.165, 1.54) is 26.6 Å². The van der Waals surface area contributed by atoms with E-state index in [0.29, 0.717) is 0 Å². The molecule has 0 saturated carbocycles. The Kier molecular flexibility index (Phi) is 7.33. The van der Waals surface area contributed by atoms with E-state index >= 15 is 0 Å². The number of piperazine rings is 1. The van der Waals surface area contributed by atoms with Crippen molar-refractivity contribution in [3.05, 3.63) is 59.2 Å². The Bertz CT molecular complexity index is 918. The molecule has 1 fully saturated rings. The van der Waals surface area contributed by atoms with Crippen LogP contribution in [0.2, 0.25) is 0 Å². The third kappa shape index (κ3) is 5.64. The minimum absolute atomic E-state index is 0.00856. The number of rotatable bonds is 6. The van der Waals surface area contributed by atoms with Crippen LogP contribution in [0.4, 0.5) is 11.4 Å². The fourth-order valence-corrected chi connectivity index (χ4v) is 4.18. The Morgan fingerprint density at radius 2 is 1.71 bits per heavy atom. The van der Waals surface area contributed by atoms with Crippen molar-refractivity contribution >= 4 is 23.2 Å². The standard InChI is InChI=1S/C25H34N4O2/c1-18-9-11-22(12-10-18)26-24(30)17-27(5)25(31)21(4)28-13-15-29(16-14-28)23-8-6-7-19(2)20(23)3/h6-12,21H,13-17H2,1-5H3,(H,26,30)/p+1/t21-/m0/s1. The molecule has 0 aromatic heterocycles. The molecule has 0 bridgehead atoms. The minimum atomic E-state index is -0.179. The molecule has 0 unspecified atom stereocenters. The first kappa shape index (κ1) is 22.8. The van der Waals surface area contributed by atoms with Crippen molar-refractivity contribution in [1.82, 2.24) is 4.90 Å². The number of carbonyl (C=O) groups is 2. The molecule has 31 heavy (non-hydrogen) atoms. The predicted octanol–water partition coefficient (Wildman–Crippen LogP) is 1.80. The molecule has 0 radical (unpaired) electrons. The van der Waals surface area contributed by atoms with Gasteiger partial charge in [-0.1, -0.05) is 29.8 Å². The Morgan fingerprint density at radius 1 is 1.06 bits per heavy atom. The number of aryl methyl sites for hydroxylation is 2. The first-order valence-electron chi connectivity index (χ1n) is 11.0. The van der Waals surface area contributed by atoms with Crippen LogP contribution < -0.4 is 15.1 Å². The second-order valence-electron chi connectivity index (χ2n) is 8.69. The van der Waals surface area contributed by atoms with Crippen LogP contribution in [0.1, 0.15) is 23.6 Å². The zero-order chi connectivity index (χ0) is 22.5. The number of carbonyl (C=O) groups excluding carboxylic acids is 2. The highest BCUT2D eigenvalue weighted by Crippen LogP contribution is 2.22. The third-order valence-corrected chi connectivity index (χ3v) is 6.40. The van der Waals surface area contributed by atoms with Crippen LogP contribution in [-0.2, 0) is 9.59 Å². The summed E-state index contributed by atoms with van der Waals surface area (Å²) in [5.41, 5.74) is 5.82. The van der Waals surface area contributed by atoms with Gasteiger partial charge in [0.25, 0.3) is 5.91 Å². The lowest BCUT2D eigenvalue weighted by Gasteiger charge is -2.37. The van der Waals surface area contributed by atoms with E-state index in [2.05, 4.69) is 42.3 Å². The summed E-state index contributed by atoms with van der Waals surface area (Å²) in [6, 6.07) is 13.9. The zero-order valence-corrected chi connectivity index (χ0v) is 19.4. The normalized spacial score (nSPS) is 15.5. The lowest BCUT2D eigenvalue weighted by molar-refractivity contribution is -0.915. The summed E-state index contributed by atoms with van der Waals surface area (Å²) in [5, 5.41) is 2.86. The molecule has 1 saturated heterocycles. The summed E-state index contributed by atoms with van der Waals surface area (Å²) < 4.78 is 0. The number of amides is 2.